The van der Waals surface area contributed by atoms with Gasteiger partial charge in [-0.15, -0.1) is 0 Å². The molecular formula is C29H54BrN7O3. The summed E-state index contributed by atoms with van der Waals surface area (Å²) in [4.78, 5) is 23.7. The average molecular weight is 629 g/mol. The van der Waals surface area contributed by atoms with Crippen molar-refractivity contribution in [3.05, 3.63) is 34.0 Å². The molecule has 40 heavy (non-hydrogen) atoms. The quantitative estimate of drug-likeness (QED) is 0.153. The van der Waals surface area contributed by atoms with Crippen LogP contribution in [0.3, 0.4) is 0 Å². The summed E-state index contributed by atoms with van der Waals surface area (Å²) >= 11 is 3.34. The Morgan fingerprint density at radius 3 is 2.15 bits per heavy atom. The molecule has 1 aromatic carbocycles. The number of nitrogens with one attached hydrogen (secondary N) is 2. The van der Waals surface area contributed by atoms with Crippen LogP contribution in [0, 0.1) is 11.3 Å². The first-order valence-electron chi connectivity index (χ1n) is 13.7. The van der Waals surface area contributed by atoms with Gasteiger partial charge in [0.05, 0.1) is 31.5 Å². The number of hydrogen-bond donors (Lipinski definition) is 4. The number of benzene rings is 1. The number of carbonyl (C=O) groups excluding carboxylic acids is 1. The van der Waals surface area contributed by atoms with Crippen molar-refractivity contribution < 1.29 is 14.6 Å². The van der Waals surface area contributed by atoms with Crippen molar-refractivity contribution in [2.75, 3.05) is 53.3 Å². The molecule has 11 heteroatoms. The third-order valence-electron chi connectivity index (χ3n) is 4.86. The van der Waals surface area contributed by atoms with Crippen LogP contribution < -0.4 is 16.0 Å². The standard InChI is InChI=1S/C23H36BrN7O3.3C2H6/c1-14(2)8-9-15(34-7)12-28-13-18(29-22(26)21(25)27-3)31(6)17-11-10-16(24)19(20(17)32)23(33)30(4)5;3*1-2/h9-11,14,26,28,32H,8,12-13H2,1-7H3,(H2,25,27);3*1-2H3/b15-9-,26-22?,29-18?;;;. The van der Waals surface area contributed by atoms with Crippen molar-refractivity contribution in [3.8, 4) is 5.75 Å². The van der Waals surface area contributed by atoms with Gasteiger partial charge in [0.1, 0.15) is 11.6 Å². The molecule has 0 saturated carbocycles. The molecule has 0 fully saturated rings. The maximum Gasteiger partial charge on any atom is 0.258 e. The Bertz CT molecular complexity index is 975. The van der Waals surface area contributed by atoms with E-state index < -0.39 is 0 Å². The second kappa shape index (κ2) is 23.9. The first-order chi connectivity index (χ1) is 18.9. The number of carbonyl (C=O) groups is 1. The Morgan fingerprint density at radius 1 is 1.15 bits per heavy atom. The van der Waals surface area contributed by atoms with Crippen LogP contribution >= 0.6 is 15.9 Å². The van der Waals surface area contributed by atoms with Crippen LogP contribution in [0.1, 0.15) is 72.2 Å². The molecule has 0 heterocycles. The molecule has 5 N–H and O–H groups in total. The number of methoxy groups -OCH3 is 1. The van der Waals surface area contributed by atoms with Gasteiger partial charge in [0, 0.05) is 32.7 Å². The molecule has 0 bridgehead atoms. The van der Waals surface area contributed by atoms with Crippen molar-refractivity contribution in [3.63, 3.8) is 0 Å². The Hall–Kier alpha value is -2.92. The van der Waals surface area contributed by atoms with Crippen LogP contribution in [0.25, 0.3) is 0 Å². The summed E-state index contributed by atoms with van der Waals surface area (Å²) in [6, 6.07) is 3.34. The first-order valence-corrected chi connectivity index (χ1v) is 14.5. The van der Waals surface area contributed by atoms with Crippen molar-refractivity contribution in [2.24, 2.45) is 21.6 Å². The summed E-state index contributed by atoms with van der Waals surface area (Å²) in [6.45, 7) is 16.9. The van der Waals surface area contributed by atoms with Crippen LogP contribution in [0.2, 0.25) is 0 Å². The second-order valence-electron chi connectivity index (χ2n) is 8.14. The molecule has 0 aliphatic heterocycles. The minimum Gasteiger partial charge on any atom is -0.505 e. The monoisotopic (exact) mass is 627 g/mol. The summed E-state index contributed by atoms with van der Waals surface area (Å²) in [5, 5.41) is 22.3. The van der Waals surface area contributed by atoms with Gasteiger partial charge >= 0.3 is 0 Å². The number of aromatic hydroxyl groups is 1. The fraction of sp³-hybridized carbons (Fsp3) is 0.586. The maximum absolute atomic E-state index is 12.6. The Morgan fingerprint density at radius 2 is 1.70 bits per heavy atom. The average Bonchev–Trinajstić information content (AvgIpc) is 2.96. The molecule has 1 rings (SSSR count). The number of amidine groups is 3. The fourth-order valence-electron chi connectivity index (χ4n) is 2.81. The highest BCUT2D eigenvalue weighted by molar-refractivity contribution is 9.10. The lowest BCUT2D eigenvalue weighted by Gasteiger charge is -2.25. The number of likely N-dealkylation sites (N-methyl/N-ethyl adjacent to an activating group) is 1. The zero-order valence-electron chi connectivity index (χ0n) is 26.9. The predicted octanol–water partition coefficient (Wildman–Crippen LogP) is 5.90. The molecular weight excluding hydrogens is 574 g/mol. The summed E-state index contributed by atoms with van der Waals surface area (Å²) < 4.78 is 5.90. The van der Waals surface area contributed by atoms with Gasteiger partial charge < -0.3 is 30.7 Å². The van der Waals surface area contributed by atoms with Gasteiger partial charge in [-0.2, -0.15) is 0 Å². The van der Waals surface area contributed by atoms with E-state index in [1.54, 1.807) is 45.3 Å². The maximum atomic E-state index is 12.6. The highest BCUT2D eigenvalue weighted by atomic mass is 79.9. The van der Waals surface area contributed by atoms with E-state index in [0.717, 1.165) is 12.2 Å². The highest BCUT2D eigenvalue weighted by Crippen LogP contribution is 2.36. The molecule has 230 valence electrons. The van der Waals surface area contributed by atoms with E-state index in [-0.39, 0.29) is 35.4 Å². The van der Waals surface area contributed by atoms with Crippen LogP contribution in [0.4, 0.5) is 5.69 Å². The largest absolute Gasteiger partial charge is 0.505 e. The molecule has 0 aromatic heterocycles. The lowest BCUT2D eigenvalue weighted by Crippen LogP contribution is -2.38. The zero-order chi connectivity index (χ0) is 32.0. The van der Waals surface area contributed by atoms with Crippen molar-refractivity contribution in [1.29, 1.82) is 5.41 Å². The van der Waals surface area contributed by atoms with Gasteiger partial charge in [-0.3, -0.25) is 15.2 Å². The van der Waals surface area contributed by atoms with Gasteiger partial charge in [0.25, 0.3) is 5.91 Å². The number of phenols is 1. The van der Waals surface area contributed by atoms with E-state index in [1.807, 2.05) is 47.6 Å². The van der Waals surface area contributed by atoms with Crippen LogP contribution in [-0.4, -0.2) is 81.8 Å². The molecule has 0 spiro atoms. The normalized spacial score (nSPS) is 11.2. The van der Waals surface area contributed by atoms with E-state index in [4.69, 9.17) is 15.9 Å². The predicted molar refractivity (Wildman–Crippen MR) is 176 cm³/mol. The summed E-state index contributed by atoms with van der Waals surface area (Å²) in [6.07, 6.45) is 2.91. The summed E-state index contributed by atoms with van der Waals surface area (Å²) in [7, 11) is 7.99. The number of nitrogens with two attached hydrogens (primary N) is 1. The number of nitrogens with zero attached hydrogens (tertiary/aromatic N) is 4. The van der Waals surface area contributed by atoms with Crippen molar-refractivity contribution >= 4 is 45.0 Å². The van der Waals surface area contributed by atoms with E-state index in [0.29, 0.717) is 28.5 Å². The van der Waals surface area contributed by atoms with Gasteiger partial charge in [-0.25, -0.2) is 4.99 Å². The van der Waals surface area contributed by atoms with E-state index in [1.165, 1.54) is 11.9 Å². The number of allylic oxidation sites excluding steroid dienone is 1. The zero-order valence-corrected chi connectivity index (χ0v) is 28.5. The van der Waals surface area contributed by atoms with Gasteiger partial charge in [-0.05, 0) is 46.5 Å². The third kappa shape index (κ3) is 14.5. The number of halogens is 1. The smallest absolute Gasteiger partial charge is 0.258 e. The Labute approximate surface area is 251 Å². The lowest BCUT2D eigenvalue weighted by molar-refractivity contribution is 0.0824. The fourth-order valence-corrected chi connectivity index (χ4v) is 3.30. The minimum atomic E-state index is -0.355. The molecule has 0 saturated heterocycles. The molecule has 0 atom stereocenters. The summed E-state index contributed by atoms with van der Waals surface area (Å²) in [5.41, 5.74) is 6.23. The van der Waals surface area contributed by atoms with Gasteiger partial charge in [0.2, 0.25) is 0 Å². The Balaban J connectivity index is -0.00000213. The topological polar surface area (TPSA) is 140 Å². The SMILES string of the molecule is CC.CC.CC.CN=C(N)C(=N)N=C(CNC/C(=C/CC(C)C)OC)N(C)c1ccc(Br)c(C(=O)N(C)C)c1O. The third-order valence-corrected chi connectivity index (χ3v) is 5.52. The second-order valence-corrected chi connectivity index (χ2v) is 9.00. The van der Waals surface area contributed by atoms with E-state index in [9.17, 15) is 9.90 Å². The number of ether oxygens (including phenoxy) is 1. The van der Waals surface area contributed by atoms with E-state index >= 15 is 0 Å². The number of anilines is 1. The highest BCUT2D eigenvalue weighted by Gasteiger charge is 2.23. The Kier molecular flexibility index (Phi) is 24.9. The van der Waals surface area contributed by atoms with Crippen LogP contribution in [-0.2, 0) is 4.74 Å². The molecule has 0 unspecified atom stereocenters. The molecule has 1 amide bonds. The van der Waals surface area contributed by atoms with Gasteiger partial charge in [0.15, 0.2) is 17.4 Å². The van der Waals surface area contributed by atoms with Crippen LogP contribution in [0.15, 0.2) is 38.4 Å². The number of aliphatic imine (C=N–C) groups is 2. The molecule has 1 aromatic rings. The number of phenolic OH excluding ortho intramolecular Hbond substituents is 1. The van der Waals surface area contributed by atoms with Crippen molar-refractivity contribution in [1.82, 2.24) is 10.2 Å². The lowest BCUT2D eigenvalue weighted by atomic mass is 10.1. The number of hydrogen-bond acceptors (Lipinski definition) is 6. The number of amides is 1. The molecule has 0 aliphatic rings. The van der Waals surface area contributed by atoms with Crippen molar-refractivity contribution in [2.45, 2.75) is 61.8 Å². The number of rotatable bonds is 9. The first kappa shape index (κ1) is 41.6. The molecule has 10 nitrogen and oxygen atoms in total. The molecule has 0 radical (unpaired) electrons. The summed E-state index contributed by atoms with van der Waals surface area (Å²) in [5.74, 6) is 0.873. The van der Waals surface area contributed by atoms with E-state index in [2.05, 4.69) is 45.1 Å². The molecule has 0 aliphatic carbocycles. The minimum absolute atomic E-state index is 0.0242. The van der Waals surface area contributed by atoms with Crippen LogP contribution in [0.5, 0.6) is 5.75 Å². The van der Waals surface area contributed by atoms with Gasteiger partial charge in [-0.1, -0.05) is 55.4 Å².